The van der Waals surface area contributed by atoms with Crippen molar-refractivity contribution >= 4 is 12.2 Å². The molecule has 0 amide bonds. The summed E-state index contributed by atoms with van der Waals surface area (Å²) in [4.78, 5) is 6.55. The maximum atomic E-state index is 5.42. The van der Waals surface area contributed by atoms with Crippen LogP contribution in [0.15, 0.2) is 24.4 Å². The average molecular weight is 291 g/mol. The Bertz CT molecular complexity index is 600. The second-order valence-electron chi connectivity index (χ2n) is 5.51. The summed E-state index contributed by atoms with van der Waals surface area (Å²) in [5.41, 5.74) is 0.837. The molecule has 0 spiro atoms. The number of nitrogens with one attached hydrogen (secondary N) is 1. The fourth-order valence-corrected chi connectivity index (χ4v) is 2.52. The van der Waals surface area contributed by atoms with E-state index in [1.807, 2.05) is 18.2 Å². The smallest absolute Gasteiger partial charge is 0.195 e. The van der Waals surface area contributed by atoms with Crippen LogP contribution in [-0.4, -0.2) is 45.3 Å². The Morgan fingerprint density at radius 2 is 2.10 bits per heavy atom. The van der Waals surface area contributed by atoms with Gasteiger partial charge in [-0.25, -0.2) is 0 Å². The third kappa shape index (κ3) is 3.13. The van der Waals surface area contributed by atoms with Crippen molar-refractivity contribution < 1.29 is 0 Å². The summed E-state index contributed by atoms with van der Waals surface area (Å²) in [5, 5.41) is 7.26. The van der Waals surface area contributed by atoms with Crippen molar-refractivity contribution in [2.75, 3.05) is 20.6 Å². The molecule has 1 unspecified atom stereocenters. The van der Waals surface area contributed by atoms with E-state index in [0.717, 1.165) is 18.1 Å². The van der Waals surface area contributed by atoms with E-state index in [4.69, 9.17) is 12.2 Å². The van der Waals surface area contributed by atoms with Gasteiger partial charge in [0.25, 0.3) is 0 Å². The highest BCUT2D eigenvalue weighted by Crippen LogP contribution is 2.25. The normalized spacial score (nSPS) is 13.1. The summed E-state index contributed by atoms with van der Waals surface area (Å²) >= 11 is 5.42. The zero-order valence-corrected chi connectivity index (χ0v) is 13.2. The van der Waals surface area contributed by atoms with Gasteiger partial charge in [-0.1, -0.05) is 19.9 Å². The van der Waals surface area contributed by atoms with Crippen molar-refractivity contribution in [3.63, 3.8) is 0 Å². The Morgan fingerprint density at radius 1 is 1.35 bits per heavy atom. The first-order valence-corrected chi connectivity index (χ1v) is 7.14. The van der Waals surface area contributed by atoms with E-state index in [9.17, 15) is 0 Å². The molecule has 20 heavy (non-hydrogen) atoms. The van der Waals surface area contributed by atoms with Crippen LogP contribution in [0.25, 0.3) is 11.5 Å². The Morgan fingerprint density at radius 3 is 2.65 bits per heavy atom. The third-order valence-electron chi connectivity index (χ3n) is 3.25. The number of aromatic nitrogens is 4. The van der Waals surface area contributed by atoms with Crippen LogP contribution in [0.4, 0.5) is 0 Å². The summed E-state index contributed by atoms with van der Waals surface area (Å²) in [6, 6.07) is 6.07. The molecule has 1 atom stereocenters. The largest absolute Gasteiger partial charge is 0.307 e. The fourth-order valence-electron chi connectivity index (χ4n) is 2.25. The fraction of sp³-hybridized carbons (Fsp3) is 0.500. The van der Waals surface area contributed by atoms with E-state index in [1.165, 1.54) is 0 Å². The summed E-state index contributed by atoms with van der Waals surface area (Å²) in [7, 11) is 4.14. The van der Waals surface area contributed by atoms with Gasteiger partial charge in [-0.3, -0.25) is 14.6 Å². The molecular weight excluding hydrogens is 270 g/mol. The number of hydrogen-bond acceptors (Lipinski definition) is 4. The minimum absolute atomic E-state index is 0.258. The van der Waals surface area contributed by atoms with Gasteiger partial charge >= 0.3 is 0 Å². The highest BCUT2D eigenvalue weighted by molar-refractivity contribution is 7.71. The second-order valence-corrected chi connectivity index (χ2v) is 5.90. The second kappa shape index (κ2) is 6.28. The summed E-state index contributed by atoms with van der Waals surface area (Å²) < 4.78 is 2.73. The molecule has 0 aliphatic heterocycles. The van der Waals surface area contributed by atoms with Crippen LogP contribution in [0.2, 0.25) is 0 Å². The van der Waals surface area contributed by atoms with Gasteiger partial charge in [0.15, 0.2) is 10.6 Å². The third-order valence-corrected chi connectivity index (χ3v) is 3.54. The lowest BCUT2D eigenvalue weighted by Crippen LogP contribution is -2.28. The molecular formula is C14H21N5S. The van der Waals surface area contributed by atoms with Crippen molar-refractivity contribution in [1.82, 2.24) is 24.6 Å². The van der Waals surface area contributed by atoms with Crippen LogP contribution >= 0.6 is 12.2 Å². The van der Waals surface area contributed by atoms with Crippen LogP contribution in [0.1, 0.15) is 19.9 Å². The summed E-state index contributed by atoms with van der Waals surface area (Å²) in [6.45, 7) is 5.31. The van der Waals surface area contributed by atoms with Crippen LogP contribution in [0, 0.1) is 10.7 Å². The zero-order valence-electron chi connectivity index (χ0n) is 12.4. The molecule has 5 nitrogen and oxygen atoms in total. The monoisotopic (exact) mass is 291 g/mol. The summed E-state index contributed by atoms with van der Waals surface area (Å²) in [5.74, 6) is 1.25. The number of likely N-dealkylation sites (N-methyl/N-ethyl adjacent to an activating group) is 1. The molecule has 2 rings (SSSR count). The van der Waals surface area contributed by atoms with Gasteiger partial charge in [0.05, 0.1) is 6.04 Å². The Kier molecular flexibility index (Phi) is 4.67. The van der Waals surface area contributed by atoms with E-state index >= 15 is 0 Å². The maximum Gasteiger partial charge on any atom is 0.195 e. The highest BCUT2D eigenvalue weighted by Gasteiger charge is 2.22. The minimum atomic E-state index is 0.258. The number of H-pyrrole nitrogens is 1. The first-order chi connectivity index (χ1) is 9.50. The highest BCUT2D eigenvalue weighted by atomic mass is 32.1. The lowest BCUT2D eigenvalue weighted by molar-refractivity contribution is 0.268. The van der Waals surface area contributed by atoms with Gasteiger partial charge in [-0.2, -0.15) is 5.10 Å². The SMILES string of the molecule is CC(C)C(CN(C)C)n1c(-c2ccccn2)n[nH]c1=S. The summed E-state index contributed by atoms with van der Waals surface area (Å²) in [6.07, 6.45) is 1.77. The van der Waals surface area contributed by atoms with E-state index in [2.05, 4.69) is 52.6 Å². The van der Waals surface area contributed by atoms with Crippen LogP contribution in [-0.2, 0) is 0 Å². The number of nitrogens with zero attached hydrogens (tertiary/aromatic N) is 4. The Hall–Kier alpha value is -1.53. The molecule has 0 aromatic carbocycles. The molecule has 0 aliphatic carbocycles. The number of rotatable bonds is 5. The average Bonchev–Trinajstić information content (AvgIpc) is 2.78. The predicted molar refractivity (Wildman–Crippen MR) is 83.1 cm³/mol. The molecule has 108 valence electrons. The number of pyridine rings is 1. The van der Waals surface area contributed by atoms with E-state index in [0.29, 0.717) is 10.7 Å². The van der Waals surface area contributed by atoms with E-state index in [-0.39, 0.29) is 6.04 Å². The molecule has 0 aliphatic rings. The molecule has 0 radical (unpaired) electrons. The Labute approximate surface area is 124 Å². The van der Waals surface area contributed by atoms with Gasteiger partial charge in [0.1, 0.15) is 5.69 Å². The molecule has 0 fully saturated rings. The molecule has 0 bridgehead atoms. The maximum absolute atomic E-state index is 5.42. The predicted octanol–water partition coefficient (Wildman–Crippen LogP) is 2.76. The van der Waals surface area contributed by atoms with Gasteiger partial charge in [0.2, 0.25) is 0 Å². The van der Waals surface area contributed by atoms with E-state index < -0.39 is 0 Å². The van der Waals surface area contributed by atoms with Gasteiger partial charge in [-0.15, -0.1) is 0 Å². The topological polar surface area (TPSA) is 49.7 Å². The van der Waals surface area contributed by atoms with Crippen molar-refractivity contribution in [1.29, 1.82) is 0 Å². The molecule has 6 heteroatoms. The number of hydrogen-bond donors (Lipinski definition) is 1. The molecule has 2 aromatic heterocycles. The van der Waals surface area contributed by atoms with Crippen molar-refractivity contribution in [2.24, 2.45) is 5.92 Å². The quantitative estimate of drug-likeness (QED) is 0.861. The molecule has 0 saturated heterocycles. The zero-order chi connectivity index (χ0) is 14.7. The minimum Gasteiger partial charge on any atom is -0.307 e. The van der Waals surface area contributed by atoms with Crippen molar-refractivity contribution in [2.45, 2.75) is 19.9 Å². The van der Waals surface area contributed by atoms with Gasteiger partial charge in [-0.05, 0) is 44.4 Å². The number of aromatic amines is 1. The first kappa shape index (κ1) is 14.9. The molecule has 2 aromatic rings. The standard InChI is InChI=1S/C14H21N5S/c1-10(2)12(9-18(3)4)19-13(16-17-14(19)20)11-7-5-6-8-15-11/h5-8,10,12H,9H2,1-4H3,(H,17,20). The molecule has 2 heterocycles. The van der Waals surface area contributed by atoms with Crippen molar-refractivity contribution in [3.05, 3.63) is 29.2 Å². The van der Waals surface area contributed by atoms with Gasteiger partial charge < -0.3 is 4.90 Å². The lowest BCUT2D eigenvalue weighted by Gasteiger charge is -2.26. The molecule has 0 saturated carbocycles. The lowest BCUT2D eigenvalue weighted by atomic mass is 10.0. The van der Waals surface area contributed by atoms with Crippen LogP contribution < -0.4 is 0 Å². The Balaban J connectivity index is 2.50. The van der Waals surface area contributed by atoms with E-state index in [1.54, 1.807) is 6.20 Å². The van der Waals surface area contributed by atoms with Crippen molar-refractivity contribution in [3.8, 4) is 11.5 Å². The first-order valence-electron chi connectivity index (χ1n) is 6.73. The van der Waals surface area contributed by atoms with Crippen LogP contribution in [0.5, 0.6) is 0 Å². The van der Waals surface area contributed by atoms with Crippen LogP contribution in [0.3, 0.4) is 0 Å². The molecule has 1 N–H and O–H groups in total. The van der Waals surface area contributed by atoms with Gasteiger partial charge in [0, 0.05) is 12.7 Å².